The molecule has 0 spiro atoms. The fourth-order valence-electron chi connectivity index (χ4n) is 4.25. The van der Waals surface area contributed by atoms with Crippen LogP contribution in [0, 0.1) is 0 Å². The van der Waals surface area contributed by atoms with E-state index >= 15 is 0 Å². The van der Waals surface area contributed by atoms with Gasteiger partial charge in [-0.25, -0.2) is 9.97 Å². The largest absolute Gasteiger partial charge is 0.454 e. The number of anilines is 1. The van der Waals surface area contributed by atoms with Crippen molar-refractivity contribution in [2.45, 2.75) is 25.2 Å². The molecule has 3 heterocycles. The van der Waals surface area contributed by atoms with Gasteiger partial charge in [0.1, 0.15) is 10.6 Å². The van der Waals surface area contributed by atoms with Crippen molar-refractivity contribution in [3.63, 3.8) is 0 Å². The van der Waals surface area contributed by atoms with Gasteiger partial charge >= 0.3 is 0 Å². The summed E-state index contributed by atoms with van der Waals surface area (Å²) in [6, 6.07) is 6.08. The fourth-order valence-corrected chi connectivity index (χ4v) is 5.82. The molecular weight excluding hydrogens is 382 g/mol. The van der Waals surface area contributed by atoms with Crippen LogP contribution in [0.25, 0.3) is 15.8 Å². The predicted molar refractivity (Wildman–Crippen MR) is 107 cm³/mol. The van der Waals surface area contributed by atoms with Crippen molar-refractivity contribution in [2.75, 3.05) is 18.7 Å². The summed E-state index contributed by atoms with van der Waals surface area (Å²) in [5.74, 6) is 3.08. The Morgan fingerprint density at radius 3 is 3.11 bits per heavy atom. The highest BCUT2D eigenvalue weighted by Gasteiger charge is 2.39. The Hall–Kier alpha value is -2.31. The van der Waals surface area contributed by atoms with E-state index in [0.29, 0.717) is 18.0 Å². The van der Waals surface area contributed by atoms with Gasteiger partial charge < -0.3 is 14.8 Å². The Morgan fingerprint density at radius 1 is 1.22 bits per heavy atom. The second kappa shape index (κ2) is 5.84. The Balaban J connectivity index is 1.28. The lowest BCUT2D eigenvalue weighted by molar-refractivity contribution is 0.174. The average Bonchev–Trinajstić information content (AvgIpc) is 3.34. The minimum atomic E-state index is 0.300. The van der Waals surface area contributed by atoms with Gasteiger partial charge in [0.05, 0.1) is 5.39 Å². The summed E-state index contributed by atoms with van der Waals surface area (Å²) in [5, 5.41) is 4.92. The monoisotopic (exact) mass is 397 g/mol. The number of halogens is 1. The molecule has 27 heavy (non-hydrogen) atoms. The van der Waals surface area contributed by atoms with Crippen LogP contribution in [-0.4, -0.2) is 23.3 Å². The molecule has 0 amide bonds. The van der Waals surface area contributed by atoms with Gasteiger partial charge in [-0.15, -0.1) is 11.3 Å². The second-order valence-electron chi connectivity index (χ2n) is 7.02. The maximum Gasteiger partial charge on any atom is 0.231 e. The standard InChI is InChI=1S/C20H16ClN3O2S/c21-20-23-18(22-7-6-10-4-5-13-14(8-10)26-9-25-13)16-15-11-2-1-3-12(11)17(15)27-19(16)24-20/h2,4-5,8,12H,1,3,6-7,9H2,(H,22,23,24). The minimum Gasteiger partial charge on any atom is -0.454 e. The van der Waals surface area contributed by atoms with Crippen LogP contribution in [0.1, 0.15) is 34.8 Å². The molecule has 136 valence electrons. The van der Waals surface area contributed by atoms with Gasteiger partial charge in [0.2, 0.25) is 12.1 Å². The molecule has 0 saturated heterocycles. The number of thiophene rings is 1. The molecule has 0 fully saturated rings. The number of nitrogens with zero attached hydrogens (tertiary/aromatic N) is 2. The summed E-state index contributed by atoms with van der Waals surface area (Å²) >= 11 is 7.95. The Kier molecular flexibility index (Phi) is 3.40. The summed E-state index contributed by atoms with van der Waals surface area (Å²) in [4.78, 5) is 11.4. The van der Waals surface area contributed by atoms with Crippen LogP contribution in [0.2, 0.25) is 5.28 Å². The molecule has 7 heteroatoms. The zero-order valence-corrected chi connectivity index (χ0v) is 16.0. The van der Waals surface area contributed by atoms with E-state index in [1.807, 2.05) is 12.1 Å². The van der Waals surface area contributed by atoms with Crippen molar-refractivity contribution in [1.82, 2.24) is 9.97 Å². The number of fused-ring (bicyclic) bond motifs is 7. The smallest absolute Gasteiger partial charge is 0.231 e. The molecule has 2 aromatic heterocycles. The van der Waals surface area contributed by atoms with E-state index in [0.717, 1.165) is 40.5 Å². The van der Waals surface area contributed by atoms with Gasteiger partial charge in [-0.2, -0.15) is 0 Å². The first-order valence-corrected chi connectivity index (χ1v) is 10.3. The lowest BCUT2D eigenvalue weighted by Gasteiger charge is -2.26. The molecule has 1 aliphatic heterocycles. The summed E-state index contributed by atoms with van der Waals surface area (Å²) in [5.41, 5.74) is 4.01. The number of nitrogens with one attached hydrogen (secondary N) is 1. The first-order valence-electron chi connectivity index (χ1n) is 9.10. The zero-order valence-electron chi connectivity index (χ0n) is 14.4. The number of hydrogen-bond donors (Lipinski definition) is 1. The molecule has 0 saturated carbocycles. The number of rotatable bonds is 4. The van der Waals surface area contributed by atoms with Crippen LogP contribution in [0.15, 0.2) is 24.3 Å². The van der Waals surface area contributed by atoms with Crippen molar-refractivity contribution >= 4 is 44.5 Å². The SMILES string of the molecule is Clc1nc(NCCc2ccc3c(c2)OCO3)c2c3c(sc2n1)C1CCC=C31. The normalized spacial score (nSPS) is 18.9. The predicted octanol–water partition coefficient (Wildman–Crippen LogP) is 5.00. The Labute approximate surface area is 165 Å². The summed E-state index contributed by atoms with van der Waals surface area (Å²) in [7, 11) is 0. The summed E-state index contributed by atoms with van der Waals surface area (Å²) < 4.78 is 10.8. The van der Waals surface area contributed by atoms with E-state index in [9.17, 15) is 0 Å². The lowest BCUT2D eigenvalue weighted by Crippen LogP contribution is -2.11. The molecule has 1 N–H and O–H groups in total. The summed E-state index contributed by atoms with van der Waals surface area (Å²) in [6.45, 7) is 1.06. The first-order chi connectivity index (χ1) is 13.3. The van der Waals surface area contributed by atoms with Gasteiger partial charge in [0.15, 0.2) is 11.5 Å². The third-order valence-electron chi connectivity index (χ3n) is 5.49. The molecule has 1 atom stereocenters. The van der Waals surface area contributed by atoms with Gasteiger partial charge in [-0.05, 0) is 54.1 Å². The van der Waals surface area contributed by atoms with E-state index in [2.05, 4.69) is 27.4 Å². The van der Waals surface area contributed by atoms with Crippen LogP contribution < -0.4 is 14.8 Å². The highest BCUT2D eigenvalue weighted by atomic mass is 35.5. The van der Waals surface area contributed by atoms with Crippen LogP contribution in [0.4, 0.5) is 5.82 Å². The quantitative estimate of drug-likeness (QED) is 0.627. The van der Waals surface area contributed by atoms with E-state index in [4.69, 9.17) is 21.1 Å². The first kappa shape index (κ1) is 15.7. The molecule has 5 nitrogen and oxygen atoms in total. The molecule has 0 bridgehead atoms. The molecule has 3 aliphatic rings. The lowest BCUT2D eigenvalue weighted by atomic mass is 9.80. The molecule has 3 aromatic rings. The third-order valence-corrected chi connectivity index (χ3v) is 6.86. The maximum atomic E-state index is 6.19. The van der Waals surface area contributed by atoms with Crippen LogP contribution >= 0.6 is 22.9 Å². The third kappa shape index (κ3) is 2.36. The number of hydrogen-bond acceptors (Lipinski definition) is 6. The zero-order chi connectivity index (χ0) is 18.0. The highest BCUT2D eigenvalue weighted by Crippen LogP contribution is 2.59. The number of aromatic nitrogens is 2. The van der Waals surface area contributed by atoms with Crippen molar-refractivity contribution < 1.29 is 9.47 Å². The molecule has 1 unspecified atom stereocenters. The molecule has 6 rings (SSSR count). The van der Waals surface area contributed by atoms with Gasteiger partial charge in [0.25, 0.3) is 0 Å². The van der Waals surface area contributed by atoms with Gasteiger partial charge in [-0.3, -0.25) is 0 Å². The summed E-state index contributed by atoms with van der Waals surface area (Å²) in [6.07, 6.45) is 5.62. The minimum absolute atomic E-state index is 0.300. The van der Waals surface area contributed by atoms with E-state index in [1.165, 1.54) is 34.4 Å². The van der Waals surface area contributed by atoms with E-state index in [-0.39, 0.29) is 0 Å². The topological polar surface area (TPSA) is 56.3 Å². The van der Waals surface area contributed by atoms with Crippen molar-refractivity contribution in [3.05, 3.63) is 45.6 Å². The number of allylic oxidation sites excluding steroid dienone is 2. The number of ether oxygens (including phenoxy) is 2. The average molecular weight is 398 g/mol. The molecular formula is C20H16ClN3O2S. The van der Waals surface area contributed by atoms with Gasteiger partial charge in [0, 0.05) is 22.9 Å². The van der Waals surface area contributed by atoms with Crippen LogP contribution in [-0.2, 0) is 6.42 Å². The van der Waals surface area contributed by atoms with E-state index in [1.54, 1.807) is 11.3 Å². The van der Waals surface area contributed by atoms with Crippen molar-refractivity contribution in [3.8, 4) is 11.5 Å². The van der Waals surface area contributed by atoms with Crippen molar-refractivity contribution in [1.29, 1.82) is 0 Å². The van der Waals surface area contributed by atoms with Crippen LogP contribution in [0.5, 0.6) is 11.5 Å². The Bertz CT molecular complexity index is 1120. The van der Waals surface area contributed by atoms with Gasteiger partial charge in [-0.1, -0.05) is 12.1 Å². The van der Waals surface area contributed by atoms with Crippen molar-refractivity contribution in [2.24, 2.45) is 0 Å². The number of benzene rings is 1. The van der Waals surface area contributed by atoms with E-state index < -0.39 is 0 Å². The fraction of sp³-hybridized carbons (Fsp3) is 0.300. The maximum absolute atomic E-state index is 6.19. The highest BCUT2D eigenvalue weighted by molar-refractivity contribution is 7.19. The second-order valence-corrected chi connectivity index (χ2v) is 8.39. The molecule has 1 aromatic carbocycles. The Morgan fingerprint density at radius 2 is 2.15 bits per heavy atom. The van der Waals surface area contributed by atoms with Crippen LogP contribution in [0.3, 0.4) is 0 Å². The molecule has 0 radical (unpaired) electrons. The molecule has 2 aliphatic carbocycles.